The molecule has 0 unspecified atom stereocenters. The minimum absolute atomic E-state index is 0.113. The Kier molecular flexibility index (Phi) is 8.45. The molecule has 1 amide bonds. The fourth-order valence-electron chi connectivity index (χ4n) is 3.55. The van der Waals surface area contributed by atoms with E-state index in [1.807, 2.05) is 30.3 Å². The number of methoxy groups -OCH3 is 1. The number of nitrogens with one attached hydrogen (secondary N) is 1. The van der Waals surface area contributed by atoms with Gasteiger partial charge in [0.2, 0.25) is 15.9 Å². The quantitative estimate of drug-likeness (QED) is 0.537. The molecule has 0 bridgehead atoms. The molecule has 0 atom stereocenters. The third-order valence-electron chi connectivity index (χ3n) is 5.26. The number of amides is 1. The zero-order chi connectivity index (χ0) is 22.1. The molecule has 1 N–H and O–H groups in total. The molecule has 1 aliphatic rings. The van der Waals surface area contributed by atoms with Crippen LogP contribution < -0.4 is 10.1 Å². The molecule has 1 aliphatic heterocycles. The highest BCUT2D eigenvalue weighted by atomic mass is 32.2. The minimum Gasteiger partial charge on any atom is -0.496 e. The van der Waals surface area contributed by atoms with Crippen LogP contribution in [0, 0.1) is 0 Å². The first-order chi connectivity index (χ1) is 15.0. The molecule has 31 heavy (non-hydrogen) atoms. The number of hydrogen-bond acceptors (Lipinski definition) is 5. The summed E-state index contributed by atoms with van der Waals surface area (Å²) < 4.78 is 38.1. The highest BCUT2D eigenvalue weighted by molar-refractivity contribution is 7.89. The molecule has 0 aliphatic carbocycles. The summed E-state index contributed by atoms with van der Waals surface area (Å²) in [5.74, 6) is 0.470. The SMILES string of the molecule is COc1ccc(S(=O)(=O)N2CCCC2)cc1CCC(=O)NCCOCc1ccccc1. The van der Waals surface area contributed by atoms with Gasteiger partial charge in [0.05, 0.1) is 25.2 Å². The predicted molar refractivity (Wildman–Crippen MR) is 118 cm³/mol. The lowest BCUT2D eigenvalue weighted by Crippen LogP contribution is -2.28. The molecule has 3 rings (SSSR count). The Labute approximate surface area is 184 Å². The Bertz CT molecular complexity index is 957. The number of nitrogens with zero attached hydrogens (tertiary/aromatic N) is 1. The Balaban J connectivity index is 1.48. The highest BCUT2D eigenvalue weighted by Gasteiger charge is 2.27. The van der Waals surface area contributed by atoms with E-state index >= 15 is 0 Å². The number of rotatable bonds is 11. The lowest BCUT2D eigenvalue weighted by molar-refractivity contribution is -0.121. The van der Waals surface area contributed by atoms with Crippen molar-refractivity contribution in [2.75, 3.05) is 33.4 Å². The molecular weight excluding hydrogens is 416 g/mol. The second-order valence-corrected chi connectivity index (χ2v) is 9.41. The van der Waals surface area contributed by atoms with Crippen molar-refractivity contribution in [1.29, 1.82) is 0 Å². The predicted octanol–water partition coefficient (Wildman–Crippen LogP) is 2.75. The monoisotopic (exact) mass is 446 g/mol. The second kappa shape index (κ2) is 11.3. The largest absolute Gasteiger partial charge is 0.496 e. The van der Waals surface area contributed by atoms with Crippen molar-refractivity contribution in [3.8, 4) is 5.75 Å². The van der Waals surface area contributed by atoms with E-state index in [1.54, 1.807) is 18.2 Å². The van der Waals surface area contributed by atoms with Crippen LogP contribution in [0.5, 0.6) is 5.75 Å². The van der Waals surface area contributed by atoms with Crippen molar-refractivity contribution in [2.24, 2.45) is 0 Å². The minimum atomic E-state index is -3.51. The molecule has 7 nitrogen and oxygen atoms in total. The first kappa shape index (κ1) is 23.2. The van der Waals surface area contributed by atoms with Gasteiger partial charge in [-0.05, 0) is 48.6 Å². The van der Waals surface area contributed by atoms with E-state index in [2.05, 4.69) is 5.32 Å². The van der Waals surface area contributed by atoms with E-state index in [0.29, 0.717) is 50.6 Å². The van der Waals surface area contributed by atoms with E-state index in [-0.39, 0.29) is 17.2 Å². The van der Waals surface area contributed by atoms with Crippen LogP contribution in [-0.4, -0.2) is 52.0 Å². The summed E-state index contributed by atoms with van der Waals surface area (Å²) in [5.41, 5.74) is 1.79. The fraction of sp³-hybridized carbons (Fsp3) is 0.435. The van der Waals surface area contributed by atoms with Crippen LogP contribution in [0.15, 0.2) is 53.4 Å². The van der Waals surface area contributed by atoms with Gasteiger partial charge in [-0.25, -0.2) is 8.42 Å². The molecule has 2 aromatic rings. The third-order valence-corrected chi connectivity index (χ3v) is 7.15. The van der Waals surface area contributed by atoms with Gasteiger partial charge in [0.15, 0.2) is 0 Å². The molecule has 1 saturated heterocycles. The summed E-state index contributed by atoms with van der Waals surface area (Å²) in [6, 6.07) is 14.7. The molecule has 1 heterocycles. The molecule has 0 spiro atoms. The smallest absolute Gasteiger partial charge is 0.243 e. The lowest BCUT2D eigenvalue weighted by Gasteiger charge is -2.17. The number of ether oxygens (including phenoxy) is 2. The van der Waals surface area contributed by atoms with Gasteiger partial charge in [0, 0.05) is 26.1 Å². The molecular formula is C23H30N2O5S. The molecule has 1 fully saturated rings. The van der Waals surface area contributed by atoms with Crippen molar-refractivity contribution >= 4 is 15.9 Å². The molecule has 0 aromatic heterocycles. The molecule has 0 saturated carbocycles. The van der Waals surface area contributed by atoms with E-state index in [0.717, 1.165) is 18.4 Å². The summed E-state index contributed by atoms with van der Waals surface area (Å²) in [5, 5.41) is 2.84. The fourth-order valence-corrected chi connectivity index (χ4v) is 5.12. The Morgan fingerprint density at radius 1 is 1.10 bits per heavy atom. The summed E-state index contributed by atoms with van der Waals surface area (Å²) in [7, 11) is -1.97. The van der Waals surface area contributed by atoms with Gasteiger partial charge in [-0.3, -0.25) is 4.79 Å². The molecule has 168 valence electrons. The second-order valence-electron chi connectivity index (χ2n) is 7.47. The first-order valence-corrected chi connectivity index (χ1v) is 12.0. The topological polar surface area (TPSA) is 84.9 Å². The van der Waals surface area contributed by atoms with Crippen LogP contribution >= 0.6 is 0 Å². The normalized spacial score (nSPS) is 14.5. The maximum atomic E-state index is 12.8. The summed E-state index contributed by atoms with van der Waals surface area (Å²) in [6.07, 6.45) is 2.40. The van der Waals surface area contributed by atoms with E-state index in [4.69, 9.17) is 9.47 Å². The Hall–Kier alpha value is -2.42. The number of sulfonamides is 1. The number of benzene rings is 2. The van der Waals surface area contributed by atoms with E-state index in [9.17, 15) is 13.2 Å². The number of hydrogen-bond donors (Lipinski definition) is 1. The van der Waals surface area contributed by atoms with Crippen molar-refractivity contribution in [3.63, 3.8) is 0 Å². The van der Waals surface area contributed by atoms with Gasteiger partial charge in [0.1, 0.15) is 5.75 Å². The molecule has 2 aromatic carbocycles. The summed E-state index contributed by atoms with van der Waals surface area (Å²) in [4.78, 5) is 12.5. The third kappa shape index (κ3) is 6.53. The maximum Gasteiger partial charge on any atom is 0.243 e. The number of carbonyl (C=O) groups is 1. The average molecular weight is 447 g/mol. The van der Waals surface area contributed by atoms with Crippen molar-refractivity contribution in [1.82, 2.24) is 9.62 Å². The van der Waals surface area contributed by atoms with Gasteiger partial charge in [-0.2, -0.15) is 4.31 Å². The Morgan fingerprint density at radius 3 is 2.55 bits per heavy atom. The van der Waals surface area contributed by atoms with Gasteiger partial charge < -0.3 is 14.8 Å². The van der Waals surface area contributed by atoms with Crippen molar-refractivity contribution in [2.45, 2.75) is 37.2 Å². The van der Waals surface area contributed by atoms with Crippen LogP contribution in [0.1, 0.15) is 30.4 Å². The van der Waals surface area contributed by atoms with Crippen LogP contribution in [-0.2, 0) is 32.6 Å². The van der Waals surface area contributed by atoms with Gasteiger partial charge in [-0.15, -0.1) is 0 Å². The Morgan fingerprint density at radius 2 is 1.84 bits per heavy atom. The lowest BCUT2D eigenvalue weighted by atomic mass is 10.1. The van der Waals surface area contributed by atoms with Crippen LogP contribution in [0.25, 0.3) is 0 Å². The zero-order valence-corrected chi connectivity index (χ0v) is 18.7. The summed E-state index contributed by atoms with van der Waals surface area (Å²) >= 11 is 0. The molecule has 0 radical (unpaired) electrons. The number of carbonyl (C=O) groups excluding carboxylic acids is 1. The maximum absolute atomic E-state index is 12.8. The van der Waals surface area contributed by atoms with Crippen LogP contribution in [0.4, 0.5) is 0 Å². The van der Waals surface area contributed by atoms with E-state index < -0.39 is 10.0 Å². The highest BCUT2D eigenvalue weighted by Crippen LogP contribution is 2.27. The first-order valence-electron chi connectivity index (χ1n) is 10.6. The van der Waals surface area contributed by atoms with Crippen LogP contribution in [0.3, 0.4) is 0 Å². The number of aryl methyl sites for hydroxylation is 1. The van der Waals surface area contributed by atoms with Gasteiger partial charge in [0.25, 0.3) is 0 Å². The zero-order valence-electron chi connectivity index (χ0n) is 17.9. The van der Waals surface area contributed by atoms with Gasteiger partial charge in [-0.1, -0.05) is 30.3 Å². The van der Waals surface area contributed by atoms with Crippen LogP contribution in [0.2, 0.25) is 0 Å². The van der Waals surface area contributed by atoms with Crippen molar-refractivity contribution in [3.05, 3.63) is 59.7 Å². The van der Waals surface area contributed by atoms with E-state index in [1.165, 1.54) is 11.4 Å². The summed E-state index contributed by atoms with van der Waals surface area (Å²) in [6.45, 7) is 2.46. The molecule has 8 heteroatoms. The van der Waals surface area contributed by atoms with Gasteiger partial charge >= 0.3 is 0 Å². The average Bonchev–Trinajstić information content (AvgIpc) is 3.34. The van der Waals surface area contributed by atoms with Crippen molar-refractivity contribution < 1.29 is 22.7 Å². The standard InChI is InChI=1S/C23H30N2O5S/c1-29-22-11-10-21(31(27,28)25-14-5-6-15-25)17-20(22)9-12-23(26)24-13-16-30-18-19-7-3-2-4-8-19/h2-4,7-8,10-11,17H,5-6,9,12-16,18H2,1H3,(H,24,26).